The van der Waals surface area contributed by atoms with Gasteiger partial charge in [0.2, 0.25) is 5.91 Å². The summed E-state index contributed by atoms with van der Waals surface area (Å²) in [7, 11) is 0. The van der Waals surface area contributed by atoms with Gasteiger partial charge in [-0.1, -0.05) is 0 Å². The molecule has 3 fully saturated rings. The van der Waals surface area contributed by atoms with Gasteiger partial charge in [0.1, 0.15) is 0 Å². The molecule has 100 valence electrons. The Kier molecular flexibility index (Phi) is 3.23. The Morgan fingerprint density at radius 1 is 1.11 bits per heavy atom. The van der Waals surface area contributed by atoms with Crippen molar-refractivity contribution in [2.45, 2.75) is 25.0 Å². The standard InChI is InChI=1S/C12H17NO4S/c14-11(13-3-5-18-6-4-13)9-7-1-2-8(17-7)10(9)12(15)16/h7-10H,1-6H2,(H,15,16)/t7-,8+,9?,10?/m1/s1. The second-order valence-corrected chi connectivity index (χ2v) is 6.34. The molecule has 0 aromatic rings. The summed E-state index contributed by atoms with van der Waals surface area (Å²) in [6, 6.07) is 0. The number of ether oxygens (including phenoxy) is 1. The summed E-state index contributed by atoms with van der Waals surface area (Å²) < 4.78 is 5.64. The number of amides is 1. The zero-order valence-electron chi connectivity index (χ0n) is 10.1. The number of carboxylic acids is 1. The number of rotatable bonds is 2. The van der Waals surface area contributed by atoms with Crippen LogP contribution in [0.2, 0.25) is 0 Å². The Labute approximate surface area is 110 Å². The summed E-state index contributed by atoms with van der Waals surface area (Å²) in [6.45, 7) is 1.48. The summed E-state index contributed by atoms with van der Waals surface area (Å²) in [4.78, 5) is 25.6. The average molecular weight is 271 g/mol. The molecule has 3 rings (SSSR count). The summed E-state index contributed by atoms with van der Waals surface area (Å²) in [5, 5.41) is 9.30. The van der Waals surface area contributed by atoms with Crippen LogP contribution in [0.1, 0.15) is 12.8 Å². The summed E-state index contributed by atoms with van der Waals surface area (Å²) in [5.74, 6) is -0.0759. The largest absolute Gasteiger partial charge is 0.481 e. The van der Waals surface area contributed by atoms with Gasteiger partial charge in [-0.15, -0.1) is 0 Å². The zero-order chi connectivity index (χ0) is 12.7. The maximum Gasteiger partial charge on any atom is 0.310 e. The van der Waals surface area contributed by atoms with Gasteiger partial charge in [-0.05, 0) is 12.8 Å². The first-order chi connectivity index (χ1) is 8.68. The molecular formula is C12H17NO4S. The van der Waals surface area contributed by atoms with E-state index >= 15 is 0 Å². The number of aliphatic carboxylic acids is 1. The minimum Gasteiger partial charge on any atom is -0.481 e. The van der Waals surface area contributed by atoms with E-state index in [9.17, 15) is 14.7 Å². The Balaban J connectivity index is 1.77. The molecule has 1 amide bonds. The lowest BCUT2D eigenvalue weighted by Crippen LogP contribution is -2.48. The van der Waals surface area contributed by atoms with Gasteiger partial charge in [0.15, 0.2) is 0 Å². The van der Waals surface area contributed by atoms with Crippen LogP contribution in [-0.2, 0) is 14.3 Å². The van der Waals surface area contributed by atoms with Crippen molar-refractivity contribution in [2.24, 2.45) is 11.8 Å². The van der Waals surface area contributed by atoms with Gasteiger partial charge >= 0.3 is 5.97 Å². The molecule has 4 atom stereocenters. The Morgan fingerprint density at radius 2 is 1.72 bits per heavy atom. The first-order valence-corrected chi connectivity index (χ1v) is 7.59. The van der Waals surface area contributed by atoms with Gasteiger partial charge in [-0.25, -0.2) is 0 Å². The first-order valence-electron chi connectivity index (χ1n) is 6.43. The third-order valence-electron chi connectivity index (χ3n) is 4.17. The predicted molar refractivity (Wildman–Crippen MR) is 66.4 cm³/mol. The SMILES string of the molecule is O=C(O)C1C(C(=O)N2CCSCC2)[C@H]2CC[C@@H]1O2. The molecule has 0 radical (unpaired) electrons. The summed E-state index contributed by atoms with van der Waals surface area (Å²) in [5.41, 5.74) is 0. The van der Waals surface area contributed by atoms with E-state index in [0.29, 0.717) is 0 Å². The number of carbonyl (C=O) groups excluding carboxylic acids is 1. The van der Waals surface area contributed by atoms with Crippen LogP contribution in [-0.4, -0.2) is 58.7 Å². The van der Waals surface area contributed by atoms with Crippen molar-refractivity contribution in [3.05, 3.63) is 0 Å². The predicted octanol–water partition coefficient (Wildman–Crippen LogP) is 0.440. The minimum atomic E-state index is -0.882. The number of thioether (sulfide) groups is 1. The van der Waals surface area contributed by atoms with E-state index < -0.39 is 17.8 Å². The molecule has 3 heterocycles. The molecule has 2 bridgehead atoms. The Hall–Kier alpha value is -0.750. The topological polar surface area (TPSA) is 66.8 Å². The average Bonchev–Trinajstić information content (AvgIpc) is 2.99. The molecule has 3 saturated heterocycles. The van der Waals surface area contributed by atoms with Gasteiger partial charge in [-0.2, -0.15) is 11.8 Å². The fourth-order valence-corrected chi connectivity index (χ4v) is 4.20. The van der Waals surface area contributed by atoms with E-state index in [1.165, 1.54) is 0 Å². The van der Waals surface area contributed by atoms with Gasteiger partial charge in [0.25, 0.3) is 0 Å². The molecule has 0 aliphatic carbocycles. The number of carboxylic acid groups (broad SMARTS) is 1. The molecular weight excluding hydrogens is 254 g/mol. The third-order valence-corrected chi connectivity index (χ3v) is 5.11. The highest BCUT2D eigenvalue weighted by atomic mass is 32.2. The van der Waals surface area contributed by atoms with Crippen LogP contribution < -0.4 is 0 Å². The lowest BCUT2D eigenvalue weighted by atomic mass is 9.78. The van der Waals surface area contributed by atoms with Gasteiger partial charge in [-0.3, -0.25) is 9.59 Å². The van der Waals surface area contributed by atoms with Crippen molar-refractivity contribution >= 4 is 23.6 Å². The van der Waals surface area contributed by atoms with Crippen LogP contribution >= 0.6 is 11.8 Å². The Morgan fingerprint density at radius 3 is 2.33 bits per heavy atom. The Bertz CT molecular complexity index is 369. The molecule has 0 aromatic carbocycles. The van der Waals surface area contributed by atoms with Crippen LogP contribution in [0.3, 0.4) is 0 Å². The van der Waals surface area contributed by atoms with Crippen LogP contribution in [0.25, 0.3) is 0 Å². The minimum absolute atomic E-state index is 0.00472. The quantitative estimate of drug-likeness (QED) is 0.789. The van der Waals surface area contributed by atoms with Crippen molar-refractivity contribution in [2.75, 3.05) is 24.6 Å². The zero-order valence-corrected chi connectivity index (χ0v) is 10.9. The molecule has 0 saturated carbocycles. The highest BCUT2D eigenvalue weighted by Gasteiger charge is 2.56. The van der Waals surface area contributed by atoms with Crippen LogP contribution in [0, 0.1) is 11.8 Å². The second kappa shape index (κ2) is 4.74. The third kappa shape index (κ3) is 1.91. The van der Waals surface area contributed by atoms with Gasteiger partial charge < -0.3 is 14.7 Å². The number of hydrogen-bond acceptors (Lipinski definition) is 4. The van der Waals surface area contributed by atoms with E-state index in [1.807, 2.05) is 16.7 Å². The number of carbonyl (C=O) groups is 2. The second-order valence-electron chi connectivity index (χ2n) is 5.12. The van der Waals surface area contributed by atoms with Crippen molar-refractivity contribution in [1.29, 1.82) is 0 Å². The lowest BCUT2D eigenvalue weighted by Gasteiger charge is -2.32. The maximum absolute atomic E-state index is 12.5. The van der Waals surface area contributed by atoms with Gasteiger partial charge in [0, 0.05) is 24.6 Å². The van der Waals surface area contributed by atoms with E-state index in [4.69, 9.17) is 4.74 Å². The molecule has 1 N–H and O–H groups in total. The molecule has 3 aliphatic heterocycles. The lowest BCUT2D eigenvalue weighted by molar-refractivity contribution is -0.150. The fraction of sp³-hybridized carbons (Fsp3) is 0.833. The van der Waals surface area contributed by atoms with E-state index in [2.05, 4.69) is 0 Å². The van der Waals surface area contributed by atoms with Crippen molar-refractivity contribution < 1.29 is 19.4 Å². The van der Waals surface area contributed by atoms with Crippen molar-refractivity contribution in [3.8, 4) is 0 Å². The fourth-order valence-electron chi connectivity index (χ4n) is 3.30. The summed E-state index contributed by atoms with van der Waals surface area (Å²) >= 11 is 1.84. The van der Waals surface area contributed by atoms with Crippen molar-refractivity contribution in [3.63, 3.8) is 0 Å². The normalized spacial score (nSPS) is 39.0. The molecule has 3 aliphatic rings. The first kappa shape index (κ1) is 12.3. The molecule has 5 nitrogen and oxygen atoms in total. The van der Waals surface area contributed by atoms with E-state index in [0.717, 1.165) is 37.4 Å². The monoisotopic (exact) mass is 271 g/mol. The van der Waals surface area contributed by atoms with Crippen LogP contribution in [0.5, 0.6) is 0 Å². The summed E-state index contributed by atoms with van der Waals surface area (Å²) in [6.07, 6.45) is 1.19. The van der Waals surface area contributed by atoms with Crippen LogP contribution in [0.15, 0.2) is 0 Å². The highest BCUT2D eigenvalue weighted by molar-refractivity contribution is 7.99. The smallest absolute Gasteiger partial charge is 0.310 e. The molecule has 0 spiro atoms. The van der Waals surface area contributed by atoms with E-state index in [-0.39, 0.29) is 18.1 Å². The molecule has 0 aromatic heterocycles. The number of hydrogen-bond donors (Lipinski definition) is 1. The maximum atomic E-state index is 12.5. The molecule has 6 heteroatoms. The molecule has 18 heavy (non-hydrogen) atoms. The number of fused-ring (bicyclic) bond motifs is 2. The molecule has 2 unspecified atom stereocenters. The van der Waals surface area contributed by atoms with Crippen molar-refractivity contribution in [1.82, 2.24) is 4.90 Å². The van der Waals surface area contributed by atoms with Crippen LogP contribution in [0.4, 0.5) is 0 Å². The highest BCUT2D eigenvalue weighted by Crippen LogP contribution is 2.44. The van der Waals surface area contributed by atoms with Gasteiger partial charge in [0.05, 0.1) is 24.0 Å². The number of nitrogens with zero attached hydrogens (tertiary/aromatic N) is 1. The van der Waals surface area contributed by atoms with E-state index in [1.54, 1.807) is 0 Å².